The number of nitrogens with one attached hydrogen (secondary N) is 2. The van der Waals surface area contributed by atoms with Crippen LogP contribution in [0.4, 0.5) is 8.78 Å². The molecular weight excluding hydrogens is 536 g/mol. The fourth-order valence-electron chi connectivity index (χ4n) is 5.17. The van der Waals surface area contributed by atoms with Crippen LogP contribution < -0.4 is 10.6 Å². The van der Waals surface area contributed by atoms with E-state index < -0.39 is 11.6 Å². The predicted octanol–water partition coefficient (Wildman–Crippen LogP) is 5.52. The minimum Gasteiger partial charge on any atom is -0.359 e. The highest BCUT2D eigenvalue weighted by molar-refractivity contribution is 5.96. The number of carbonyl (C=O) groups is 2. The second kappa shape index (κ2) is 11.7. The molecule has 1 saturated carbocycles. The maximum absolute atomic E-state index is 16.2. The molecule has 42 heavy (non-hydrogen) atoms. The fourth-order valence-corrected chi connectivity index (χ4v) is 5.17. The summed E-state index contributed by atoms with van der Waals surface area (Å²) in [6.07, 6.45) is 13.2. The summed E-state index contributed by atoms with van der Waals surface area (Å²) in [6.45, 7) is 7.56. The third-order valence-corrected chi connectivity index (χ3v) is 8.03. The van der Waals surface area contributed by atoms with Gasteiger partial charge in [0.05, 0.1) is 23.7 Å². The Morgan fingerprint density at radius 3 is 2.52 bits per heavy atom. The fraction of sp³-hybridized carbons (Fsp3) is 0.273. The van der Waals surface area contributed by atoms with Gasteiger partial charge in [-0.3, -0.25) is 14.6 Å². The summed E-state index contributed by atoms with van der Waals surface area (Å²) in [5, 5.41) is 10.2. The lowest BCUT2D eigenvalue weighted by Crippen LogP contribution is -2.45. The third kappa shape index (κ3) is 5.72. The average Bonchev–Trinajstić information content (AvgIpc) is 3.69. The van der Waals surface area contributed by atoms with Crippen molar-refractivity contribution < 1.29 is 18.4 Å². The van der Waals surface area contributed by atoms with Crippen LogP contribution in [0.15, 0.2) is 83.6 Å². The van der Waals surface area contributed by atoms with Crippen molar-refractivity contribution in [3.8, 4) is 11.3 Å². The molecule has 2 N–H and O–H groups in total. The first-order valence-electron chi connectivity index (χ1n) is 13.9. The number of likely N-dealkylation sites (N-methyl/N-ethyl adjacent to an activating group) is 1. The lowest BCUT2D eigenvalue weighted by molar-refractivity contribution is -0.120. The Kier molecular flexibility index (Phi) is 8.02. The van der Waals surface area contributed by atoms with Gasteiger partial charge in [-0.25, -0.2) is 13.3 Å². The number of fused-ring (bicyclic) bond motifs is 1. The molecule has 1 unspecified atom stereocenters. The van der Waals surface area contributed by atoms with Gasteiger partial charge in [-0.1, -0.05) is 18.7 Å². The highest BCUT2D eigenvalue weighted by atomic mass is 19.1. The highest BCUT2D eigenvalue weighted by Crippen LogP contribution is 2.42. The third-order valence-electron chi connectivity index (χ3n) is 8.03. The Bertz CT molecular complexity index is 1690. The van der Waals surface area contributed by atoms with E-state index in [9.17, 15) is 14.0 Å². The monoisotopic (exact) mass is 569 g/mol. The molecule has 1 fully saturated rings. The van der Waals surface area contributed by atoms with Crippen molar-refractivity contribution >= 4 is 29.1 Å². The van der Waals surface area contributed by atoms with Gasteiger partial charge < -0.3 is 10.6 Å². The summed E-state index contributed by atoms with van der Waals surface area (Å²) >= 11 is 0. The Labute approximate surface area is 243 Å². The first-order valence-corrected chi connectivity index (χ1v) is 13.9. The molecule has 1 aromatic carbocycles. The Hall–Kier alpha value is -4.66. The van der Waals surface area contributed by atoms with Gasteiger partial charge in [0, 0.05) is 41.7 Å². The normalized spacial score (nSPS) is 17.8. The molecule has 0 spiro atoms. The highest BCUT2D eigenvalue weighted by Gasteiger charge is 2.50. The number of aliphatic imine (C=N–C) groups is 1. The molecule has 216 valence electrons. The van der Waals surface area contributed by atoms with E-state index in [2.05, 4.69) is 33.4 Å². The van der Waals surface area contributed by atoms with Crippen LogP contribution in [-0.2, 0) is 16.0 Å². The number of nitrogens with zero attached hydrogens (tertiary/aromatic N) is 3. The van der Waals surface area contributed by atoms with Gasteiger partial charge in [-0.05, 0) is 86.7 Å². The molecule has 0 bridgehead atoms. The molecule has 0 saturated heterocycles. The van der Waals surface area contributed by atoms with Crippen molar-refractivity contribution in [1.82, 2.24) is 20.2 Å². The Morgan fingerprint density at radius 2 is 1.88 bits per heavy atom. The number of hydrogen-bond donors (Lipinski definition) is 2. The van der Waals surface area contributed by atoms with Gasteiger partial charge in [-0.2, -0.15) is 5.10 Å². The van der Waals surface area contributed by atoms with E-state index in [1.54, 1.807) is 49.7 Å². The number of pyridine rings is 1. The molecule has 0 radical (unpaired) electrons. The molecule has 7 nitrogen and oxygen atoms in total. The van der Waals surface area contributed by atoms with Gasteiger partial charge in [0.2, 0.25) is 5.91 Å². The van der Waals surface area contributed by atoms with E-state index in [0.717, 1.165) is 24.8 Å². The standard InChI is InChI=1S/C33H33F2N5O2/c1-20(8-9-21(2)32(42)38-33(15-16-33)27-7-5-6-17-37-27)22(3)25-14-18-40-31(29(25)35)26(19-28(41)36-4)30(39-40)23-10-12-24(34)13-11-23/h5-6,8-14,17-18,27H,2,7,15-16,19H2,1,3-4H3,(H,36,41)(H,38,42). The van der Waals surface area contributed by atoms with Gasteiger partial charge in [-0.15, -0.1) is 0 Å². The SMILES string of the molecule is C=C(C=CC(C)=C(C)c1ccn2nc(-c3ccc(F)cc3)c(CC(=O)NC)c2c1F)C(=O)NC1(C2CC=CC=N2)CC1. The van der Waals surface area contributed by atoms with Crippen LogP contribution in [0.5, 0.6) is 0 Å². The van der Waals surface area contributed by atoms with Gasteiger partial charge in [0.15, 0.2) is 5.82 Å². The molecule has 2 aromatic heterocycles. The maximum Gasteiger partial charge on any atom is 0.251 e. The smallest absolute Gasteiger partial charge is 0.251 e. The average molecular weight is 570 g/mol. The Morgan fingerprint density at radius 1 is 1.14 bits per heavy atom. The number of carbonyl (C=O) groups excluding carboxylic acids is 2. The molecule has 3 heterocycles. The molecule has 2 amide bonds. The maximum atomic E-state index is 16.2. The number of amides is 2. The summed E-state index contributed by atoms with van der Waals surface area (Å²) in [4.78, 5) is 29.8. The van der Waals surface area contributed by atoms with Crippen LogP contribution in [0, 0.1) is 11.6 Å². The first-order chi connectivity index (χ1) is 20.1. The van der Waals surface area contributed by atoms with Crippen LogP contribution in [0.3, 0.4) is 0 Å². The number of allylic oxidation sites excluding steroid dienone is 4. The molecule has 1 atom stereocenters. The molecule has 5 rings (SSSR count). The minimum absolute atomic E-state index is 0.0328. The molecule has 3 aromatic rings. The van der Waals surface area contributed by atoms with Gasteiger partial charge in [0.1, 0.15) is 11.3 Å². The summed E-state index contributed by atoms with van der Waals surface area (Å²) in [5.74, 6) is -1.49. The van der Waals surface area contributed by atoms with E-state index in [4.69, 9.17) is 0 Å². The summed E-state index contributed by atoms with van der Waals surface area (Å²) in [5.41, 5.74) is 3.25. The number of dihydropyridines is 1. The topological polar surface area (TPSA) is 87.9 Å². The van der Waals surface area contributed by atoms with Crippen molar-refractivity contribution in [2.24, 2.45) is 4.99 Å². The number of aromatic nitrogens is 2. The lowest BCUT2D eigenvalue weighted by atomic mass is 9.98. The van der Waals surface area contributed by atoms with E-state index in [-0.39, 0.29) is 35.3 Å². The number of rotatable bonds is 9. The van der Waals surface area contributed by atoms with Gasteiger partial charge in [0.25, 0.3) is 5.91 Å². The van der Waals surface area contributed by atoms with Crippen LogP contribution >= 0.6 is 0 Å². The minimum atomic E-state index is -0.531. The zero-order chi connectivity index (χ0) is 30.0. The summed E-state index contributed by atoms with van der Waals surface area (Å²) < 4.78 is 31.1. The summed E-state index contributed by atoms with van der Waals surface area (Å²) in [6, 6.07) is 7.36. The predicted molar refractivity (Wildman–Crippen MR) is 161 cm³/mol. The zero-order valence-corrected chi connectivity index (χ0v) is 23.9. The quantitative estimate of drug-likeness (QED) is 0.263. The van der Waals surface area contributed by atoms with Crippen LogP contribution in [0.2, 0.25) is 0 Å². The van der Waals surface area contributed by atoms with Crippen molar-refractivity contribution in [2.45, 2.75) is 51.1 Å². The van der Waals surface area contributed by atoms with Crippen LogP contribution in [0.25, 0.3) is 22.3 Å². The van der Waals surface area contributed by atoms with Crippen molar-refractivity contribution in [3.63, 3.8) is 0 Å². The number of halogens is 2. The molecule has 9 heteroatoms. The largest absolute Gasteiger partial charge is 0.359 e. The van der Waals surface area contributed by atoms with E-state index in [1.165, 1.54) is 23.7 Å². The number of benzene rings is 1. The Balaban J connectivity index is 1.42. The van der Waals surface area contributed by atoms with E-state index in [1.807, 2.05) is 13.0 Å². The van der Waals surface area contributed by atoms with Crippen LogP contribution in [0.1, 0.15) is 44.2 Å². The zero-order valence-electron chi connectivity index (χ0n) is 23.9. The summed E-state index contributed by atoms with van der Waals surface area (Å²) in [7, 11) is 1.51. The van der Waals surface area contributed by atoms with Crippen LogP contribution in [-0.4, -0.2) is 46.3 Å². The first kappa shape index (κ1) is 28.9. The van der Waals surface area contributed by atoms with Gasteiger partial charge >= 0.3 is 0 Å². The lowest BCUT2D eigenvalue weighted by Gasteiger charge is -2.25. The number of hydrogen-bond acceptors (Lipinski definition) is 4. The van der Waals surface area contributed by atoms with Crippen molar-refractivity contribution in [1.29, 1.82) is 0 Å². The van der Waals surface area contributed by atoms with E-state index >= 15 is 4.39 Å². The second-order valence-electron chi connectivity index (χ2n) is 10.8. The molecular formula is C33H33F2N5O2. The second-order valence-corrected chi connectivity index (χ2v) is 10.8. The molecule has 1 aliphatic heterocycles. The molecule has 2 aliphatic rings. The van der Waals surface area contributed by atoms with Crippen molar-refractivity contribution in [3.05, 3.63) is 101 Å². The molecule has 1 aliphatic carbocycles. The van der Waals surface area contributed by atoms with Crippen molar-refractivity contribution in [2.75, 3.05) is 7.05 Å². The van der Waals surface area contributed by atoms with E-state index in [0.29, 0.717) is 33.5 Å².